The van der Waals surface area contributed by atoms with Crippen LogP contribution in [0.1, 0.15) is 25.7 Å². The molecule has 2 unspecified atom stereocenters. The molecule has 6 nitrogen and oxygen atoms in total. The normalized spacial score (nSPS) is 25.5. The summed E-state index contributed by atoms with van der Waals surface area (Å²) in [7, 11) is 1.69. The van der Waals surface area contributed by atoms with Gasteiger partial charge in [-0.25, -0.2) is 0 Å². The number of hydrogen-bond acceptors (Lipinski definition) is 5. The van der Waals surface area contributed by atoms with Gasteiger partial charge in [-0.05, 0) is 44.9 Å². The standard InChI is InChI=1S/C14H18N2O4S/c1-15-14(13(17)18)8-2-3-12(9-14)21-11-6-4-10(5-7-11)16(19)20/h4-7,12,15H,2-3,8-9H2,1H3,(H,17,18). The van der Waals surface area contributed by atoms with Crippen LogP contribution in [-0.2, 0) is 4.79 Å². The lowest BCUT2D eigenvalue weighted by atomic mass is 9.81. The smallest absolute Gasteiger partial charge is 0.323 e. The number of carboxylic acids is 1. The van der Waals surface area contributed by atoms with Crippen LogP contribution in [0.15, 0.2) is 29.2 Å². The Balaban J connectivity index is 2.05. The Morgan fingerprint density at radius 2 is 2.14 bits per heavy atom. The Kier molecular flexibility index (Phi) is 4.84. The molecule has 0 spiro atoms. The molecule has 0 aliphatic heterocycles. The van der Waals surface area contributed by atoms with E-state index < -0.39 is 16.4 Å². The summed E-state index contributed by atoms with van der Waals surface area (Å²) in [6.45, 7) is 0. The van der Waals surface area contributed by atoms with Crippen LogP contribution in [0.5, 0.6) is 0 Å². The summed E-state index contributed by atoms with van der Waals surface area (Å²) in [4.78, 5) is 22.6. The van der Waals surface area contributed by atoms with Gasteiger partial charge in [0.1, 0.15) is 5.54 Å². The summed E-state index contributed by atoms with van der Waals surface area (Å²) in [5.41, 5.74) is -0.783. The van der Waals surface area contributed by atoms with E-state index in [0.29, 0.717) is 12.8 Å². The summed E-state index contributed by atoms with van der Waals surface area (Å²) in [5.74, 6) is -0.806. The number of nitrogens with zero attached hydrogens (tertiary/aromatic N) is 1. The van der Waals surface area contributed by atoms with Crippen molar-refractivity contribution in [1.82, 2.24) is 5.32 Å². The van der Waals surface area contributed by atoms with Gasteiger partial charge in [-0.15, -0.1) is 11.8 Å². The van der Waals surface area contributed by atoms with E-state index in [4.69, 9.17) is 0 Å². The summed E-state index contributed by atoms with van der Waals surface area (Å²) in [6, 6.07) is 6.40. The Hall–Kier alpha value is -1.60. The van der Waals surface area contributed by atoms with Gasteiger partial charge in [0.05, 0.1) is 4.92 Å². The third-order valence-corrected chi connectivity index (χ3v) is 5.22. The molecule has 0 saturated heterocycles. The maximum Gasteiger partial charge on any atom is 0.323 e. The highest BCUT2D eigenvalue weighted by atomic mass is 32.2. The number of carboxylic acid groups (broad SMARTS) is 1. The van der Waals surface area contributed by atoms with Gasteiger partial charge in [0.2, 0.25) is 0 Å². The van der Waals surface area contributed by atoms with Crippen LogP contribution in [0.4, 0.5) is 5.69 Å². The molecule has 0 aromatic heterocycles. The molecule has 1 aliphatic rings. The van der Waals surface area contributed by atoms with E-state index in [1.165, 1.54) is 12.1 Å². The van der Waals surface area contributed by atoms with E-state index in [1.807, 2.05) is 0 Å². The Morgan fingerprint density at radius 3 is 2.67 bits per heavy atom. The highest BCUT2D eigenvalue weighted by Crippen LogP contribution is 2.38. The first kappa shape index (κ1) is 15.8. The first-order chi connectivity index (χ1) is 9.97. The van der Waals surface area contributed by atoms with Crippen molar-refractivity contribution in [3.8, 4) is 0 Å². The molecule has 1 saturated carbocycles. The lowest BCUT2D eigenvalue weighted by Crippen LogP contribution is -2.53. The van der Waals surface area contributed by atoms with Crippen molar-refractivity contribution in [2.24, 2.45) is 0 Å². The van der Waals surface area contributed by atoms with Crippen LogP contribution in [0.3, 0.4) is 0 Å². The van der Waals surface area contributed by atoms with Crippen molar-refractivity contribution in [3.63, 3.8) is 0 Å². The number of nitrogens with one attached hydrogen (secondary N) is 1. The number of nitro groups is 1. The first-order valence-corrected chi connectivity index (χ1v) is 7.68. The molecule has 7 heteroatoms. The van der Waals surface area contributed by atoms with Crippen molar-refractivity contribution < 1.29 is 14.8 Å². The molecule has 21 heavy (non-hydrogen) atoms. The molecular formula is C14H18N2O4S. The molecule has 1 fully saturated rings. The van der Waals surface area contributed by atoms with Crippen LogP contribution in [0.2, 0.25) is 0 Å². The van der Waals surface area contributed by atoms with Crippen LogP contribution in [-0.4, -0.2) is 33.8 Å². The van der Waals surface area contributed by atoms with Crippen LogP contribution in [0.25, 0.3) is 0 Å². The average molecular weight is 310 g/mol. The summed E-state index contributed by atoms with van der Waals surface area (Å²) in [6.07, 6.45) is 3.01. The molecule has 114 valence electrons. The fourth-order valence-corrected chi connectivity index (χ4v) is 4.02. The van der Waals surface area contributed by atoms with E-state index in [9.17, 15) is 20.0 Å². The van der Waals surface area contributed by atoms with E-state index in [1.54, 1.807) is 30.9 Å². The molecule has 1 aromatic carbocycles. The molecule has 0 amide bonds. The highest BCUT2D eigenvalue weighted by molar-refractivity contribution is 8.00. The number of rotatable bonds is 5. The van der Waals surface area contributed by atoms with Gasteiger partial charge in [-0.1, -0.05) is 0 Å². The molecule has 0 bridgehead atoms. The molecule has 2 rings (SSSR count). The fraction of sp³-hybridized carbons (Fsp3) is 0.500. The zero-order valence-corrected chi connectivity index (χ0v) is 12.6. The Morgan fingerprint density at radius 1 is 1.48 bits per heavy atom. The van der Waals surface area contributed by atoms with Crippen molar-refractivity contribution in [2.75, 3.05) is 7.05 Å². The van der Waals surface area contributed by atoms with Crippen molar-refractivity contribution in [2.45, 2.75) is 41.4 Å². The van der Waals surface area contributed by atoms with E-state index >= 15 is 0 Å². The number of non-ortho nitro benzene ring substituents is 1. The minimum absolute atomic E-state index is 0.0677. The Labute approximate surface area is 127 Å². The molecule has 0 heterocycles. The van der Waals surface area contributed by atoms with E-state index in [0.717, 1.165) is 17.7 Å². The van der Waals surface area contributed by atoms with Gasteiger partial charge in [-0.3, -0.25) is 14.9 Å². The number of carbonyl (C=O) groups is 1. The zero-order chi connectivity index (χ0) is 15.5. The van der Waals surface area contributed by atoms with Gasteiger partial charge in [0.25, 0.3) is 5.69 Å². The third kappa shape index (κ3) is 3.54. The van der Waals surface area contributed by atoms with Gasteiger partial charge in [0, 0.05) is 22.3 Å². The number of aliphatic carboxylic acids is 1. The summed E-state index contributed by atoms with van der Waals surface area (Å²) < 4.78 is 0. The number of nitro benzene ring substituents is 1. The predicted molar refractivity (Wildman–Crippen MR) is 80.6 cm³/mol. The zero-order valence-electron chi connectivity index (χ0n) is 11.7. The van der Waals surface area contributed by atoms with Gasteiger partial charge in [-0.2, -0.15) is 0 Å². The lowest BCUT2D eigenvalue weighted by molar-refractivity contribution is -0.384. The SMILES string of the molecule is CNC1(C(=O)O)CCCC(Sc2ccc([N+](=O)[O-])cc2)C1. The van der Waals surface area contributed by atoms with Crippen molar-refractivity contribution >= 4 is 23.4 Å². The highest BCUT2D eigenvalue weighted by Gasteiger charge is 2.41. The maximum absolute atomic E-state index is 11.5. The fourth-order valence-electron chi connectivity index (χ4n) is 2.69. The monoisotopic (exact) mass is 310 g/mol. The van der Waals surface area contributed by atoms with Gasteiger partial charge >= 0.3 is 5.97 Å². The lowest BCUT2D eigenvalue weighted by Gasteiger charge is -2.37. The van der Waals surface area contributed by atoms with Crippen LogP contribution >= 0.6 is 11.8 Å². The van der Waals surface area contributed by atoms with Crippen LogP contribution < -0.4 is 5.32 Å². The second kappa shape index (κ2) is 6.44. The molecule has 1 aliphatic carbocycles. The molecule has 2 atom stereocenters. The van der Waals surface area contributed by atoms with E-state index in [2.05, 4.69) is 5.32 Å². The number of benzene rings is 1. The van der Waals surface area contributed by atoms with Gasteiger partial charge in [0.15, 0.2) is 0 Å². The van der Waals surface area contributed by atoms with E-state index in [-0.39, 0.29) is 10.9 Å². The minimum Gasteiger partial charge on any atom is -0.480 e. The topological polar surface area (TPSA) is 92.5 Å². The largest absolute Gasteiger partial charge is 0.480 e. The second-order valence-electron chi connectivity index (χ2n) is 5.22. The predicted octanol–water partition coefficient (Wildman–Crippen LogP) is 2.67. The third-order valence-electron chi connectivity index (χ3n) is 3.94. The molecule has 0 radical (unpaired) electrons. The molecular weight excluding hydrogens is 292 g/mol. The van der Waals surface area contributed by atoms with Crippen LogP contribution in [0, 0.1) is 10.1 Å². The summed E-state index contributed by atoms with van der Waals surface area (Å²) >= 11 is 1.59. The quantitative estimate of drug-likeness (QED) is 0.641. The Bertz CT molecular complexity index is 534. The molecule has 2 N–H and O–H groups in total. The minimum atomic E-state index is -0.851. The van der Waals surface area contributed by atoms with Crippen molar-refractivity contribution in [1.29, 1.82) is 0 Å². The van der Waals surface area contributed by atoms with Gasteiger partial charge < -0.3 is 10.4 Å². The number of hydrogen-bond donors (Lipinski definition) is 2. The maximum atomic E-state index is 11.5. The first-order valence-electron chi connectivity index (χ1n) is 6.80. The van der Waals surface area contributed by atoms with Crippen molar-refractivity contribution in [3.05, 3.63) is 34.4 Å². The summed E-state index contributed by atoms with van der Waals surface area (Å²) in [5, 5.41) is 23.2. The second-order valence-corrected chi connectivity index (χ2v) is 6.60. The number of thioether (sulfide) groups is 1. The average Bonchev–Trinajstić information content (AvgIpc) is 2.47. The molecule has 1 aromatic rings. The number of likely N-dealkylation sites (N-methyl/N-ethyl adjacent to an activating group) is 1.